The standard InChI is InChI=1S/C13H14N2O2S.C13H14N2OS/c1-18(17)13-8-4-7-12(15-13)14-9-10-5-2-3-6-11(10)16;1-17-13-8-4-7-12(15-13)14-9-10-5-2-3-6-11(10)16/h2-8,16H,9H2,1H3,(H,14,15);2-8,16H,9H2,1H3,(H,14,15). The van der Waals surface area contributed by atoms with Crippen LogP contribution < -0.4 is 10.6 Å². The van der Waals surface area contributed by atoms with Crippen molar-refractivity contribution in [3.8, 4) is 11.5 Å². The lowest BCUT2D eigenvalue weighted by Gasteiger charge is -2.07. The molecule has 4 aromatic rings. The maximum absolute atomic E-state index is 11.3. The number of aromatic nitrogens is 2. The molecule has 7 nitrogen and oxygen atoms in total. The van der Waals surface area contributed by atoms with E-state index in [0.717, 1.165) is 22.0 Å². The zero-order valence-electron chi connectivity index (χ0n) is 19.5. The fourth-order valence-corrected chi connectivity index (χ4v) is 3.89. The molecule has 2 aromatic carbocycles. The number of phenolic OH excluding ortho intramolecular Hbond substituents is 2. The van der Waals surface area contributed by atoms with Gasteiger partial charge in [-0.05, 0) is 42.7 Å². The molecule has 0 radical (unpaired) electrons. The van der Waals surface area contributed by atoms with Crippen molar-refractivity contribution in [1.29, 1.82) is 0 Å². The molecule has 0 saturated carbocycles. The van der Waals surface area contributed by atoms with Crippen molar-refractivity contribution in [2.45, 2.75) is 23.1 Å². The third-order valence-electron chi connectivity index (χ3n) is 4.85. The van der Waals surface area contributed by atoms with E-state index in [4.69, 9.17) is 0 Å². The van der Waals surface area contributed by atoms with Gasteiger partial charge in [0.2, 0.25) is 0 Å². The van der Waals surface area contributed by atoms with Crippen molar-refractivity contribution in [2.24, 2.45) is 0 Å². The van der Waals surface area contributed by atoms with Crippen molar-refractivity contribution in [3.05, 3.63) is 96.1 Å². The van der Waals surface area contributed by atoms with Gasteiger partial charge in [0.1, 0.15) is 28.2 Å². The highest BCUT2D eigenvalue weighted by atomic mass is 32.2. The summed E-state index contributed by atoms with van der Waals surface area (Å²) in [5.74, 6) is 2.02. The van der Waals surface area contributed by atoms with Gasteiger partial charge in [-0.15, -0.1) is 11.8 Å². The van der Waals surface area contributed by atoms with Crippen molar-refractivity contribution in [1.82, 2.24) is 9.97 Å². The van der Waals surface area contributed by atoms with E-state index in [9.17, 15) is 14.4 Å². The third kappa shape index (κ3) is 8.31. The normalized spacial score (nSPS) is 11.1. The maximum Gasteiger partial charge on any atom is 0.129 e. The number of aromatic hydroxyl groups is 2. The second kappa shape index (κ2) is 13.4. The van der Waals surface area contributed by atoms with Crippen LogP contribution in [0.5, 0.6) is 11.5 Å². The summed E-state index contributed by atoms with van der Waals surface area (Å²) in [4.78, 5) is 8.63. The van der Waals surface area contributed by atoms with Crippen molar-refractivity contribution in [3.63, 3.8) is 0 Å². The minimum absolute atomic E-state index is 0.250. The van der Waals surface area contributed by atoms with Crippen LogP contribution in [0.1, 0.15) is 11.1 Å². The summed E-state index contributed by atoms with van der Waals surface area (Å²) in [6, 6.07) is 25.6. The second-order valence-corrected chi connectivity index (χ2v) is 9.50. The lowest BCUT2D eigenvalue weighted by atomic mass is 10.2. The Balaban J connectivity index is 0.000000196. The van der Waals surface area contributed by atoms with Gasteiger partial charge in [0, 0.05) is 30.5 Å². The summed E-state index contributed by atoms with van der Waals surface area (Å²) in [7, 11) is -1.09. The molecule has 4 rings (SSSR count). The molecule has 182 valence electrons. The zero-order chi connectivity index (χ0) is 25.0. The topological polar surface area (TPSA) is 107 Å². The van der Waals surface area contributed by atoms with Crippen LogP contribution in [-0.4, -0.2) is 36.9 Å². The molecular formula is C26H28N4O3S2. The SMILES string of the molecule is CS(=O)c1cccc(NCc2ccccc2O)n1.CSc1cccc(NCc2ccccc2O)n1. The Kier molecular flexibility index (Phi) is 9.94. The summed E-state index contributed by atoms with van der Waals surface area (Å²) in [6.45, 7) is 1.04. The summed E-state index contributed by atoms with van der Waals surface area (Å²) in [6.07, 6.45) is 3.59. The molecular weight excluding hydrogens is 480 g/mol. The van der Waals surface area contributed by atoms with Crippen LogP contribution in [0.25, 0.3) is 0 Å². The van der Waals surface area contributed by atoms with Crippen molar-refractivity contribution >= 4 is 34.2 Å². The minimum Gasteiger partial charge on any atom is -0.508 e. The van der Waals surface area contributed by atoms with E-state index in [0.29, 0.717) is 29.7 Å². The highest BCUT2D eigenvalue weighted by Gasteiger charge is 2.03. The number of anilines is 2. The fraction of sp³-hybridized carbons (Fsp3) is 0.154. The molecule has 0 aliphatic rings. The van der Waals surface area contributed by atoms with Crippen LogP contribution in [0, 0.1) is 0 Å². The van der Waals surface area contributed by atoms with E-state index < -0.39 is 10.8 Å². The molecule has 0 aliphatic heterocycles. The van der Waals surface area contributed by atoms with Gasteiger partial charge in [-0.1, -0.05) is 48.5 Å². The average molecular weight is 509 g/mol. The predicted octanol–water partition coefficient (Wildman–Crippen LogP) is 5.26. The van der Waals surface area contributed by atoms with Crippen LogP contribution in [0.3, 0.4) is 0 Å². The van der Waals surface area contributed by atoms with Gasteiger partial charge in [0.25, 0.3) is 0 Å². The van der Waals surface area contributed by atoms with Crippen LogP contribution in [-0.2, 0) is 23.9 Å². The average Bonchev–Trinajstić information content (AvgIpc) is 2.88. The number of rotatable bonds is 8. The first-order valence-electron chi connectivity index (χ1n) is 10.8. The van der Waals surface area contributed by atoms with Crippen LogP contribution >= 0.6 is 11.8 Å². The van der Waals surface area contributed by atoms with Gasteiger partial charge >= 0.3 is 0 Å². The molecule has 4 N–H and O–H groups in total. The molecule has 1 unspecified atom stereocenters. The summed E-state index contributed by atoms with van der Waals surface area (Å²) in [5.41, 5.74) is 1.66. The van der Waals surface area contributed by atoms with E-state index in [1.54, 1.807) is 54.4 Å². The lowest BCUT2D eigenvalue weighted by molar-refractivity contribution is 0.468. The van der Waals surface area contributed by atoms with Crippen LogP contribution in [0.4, 0.5) is 11.6 Å². The van der Waals surface area contributed by atoms with Gasteiger partial charge in [-0.2, -0.15) is 0 Å². The Labute approximate surface area is 212 Å². The number of nitrogens with zero attached hydrogens (tertiary/aromatic N) is 2. The van der Waals surface area contributed by atoms with Gasteiger partial charge in [-0.25, -0.2) is 9.97 Å². The summed E-state index contributed by atoms with van der Waals surface area (Å²) in [5, 5.41) is 27.0. The van der Waals surface area contributed by atoms with Crippen LogP contribution in [0.2, 0.25) is 0 Å². The Morgan fingerprint density at radius 1 is 0.743 bits per heavy atom. The smallest absolute Gasteiger partial charge is 0.129 e. The number of thioether (sulfide) groups is 1. The number of para-hydroxylation sites is 2. The Morgan fingerprint density at radius 2 is 1.26 bits per heavy atom. The highest BCUT2D eigenvalue weighted by Crippen LogP contribution is 2.19. The number of hydrogen-bond donors (Lipinski definition) is 4. The summed E-state index contributed by atoms with van der Waals surface area (Å²) < 4.78 is 11.3. The third-order valence-corrected chi connectivity index (χ3v) is 6.32. The van der Waals surface area contributed by atoms with E-state index >= 15 is 0 Å². The van der Waals surface area contributed by atoms with E-state index in [1.807, 2.05) is 54.8 Å². The Morgan fingerprint density at radius 3 is 1.77 bits per heavy atom. The van der Waals surface area contributed by atoms with Gasteiger partial charge in [0.15, 0.2) is 0 Å². The quantitative estimate of drug-likeness (QED) is 0.239. The molecule has 2 heterocycles. The van der Waals surface area contributed by atoms with Gasteiger partial charge in [0.05, 0.1) is 15.8 Å². The summed E-state index contributed by atoms with van der Waals surface area (Å²) >= 11 is 1.61. The van der Waals surface area contributed by atoms with E-state index in [2.05, 4.69) is 20.6 Å². The maximum atomic E-state index is 11.3. The number of benzene rings is 2. The molecule has 0 bridgehead atoms. The minimum atomic E-state index is -1.09. The molecule has 0 spiro atoms. The zero-order valence-corrected chi connectivity index (χ0v) is 21.1. The molecule has 35 heavy (non-hydrogen) atoms. The number of hydrogen-bond acceptors (Lipinski definition) is 8. The largest absolute Gasteiger partial charge is 0.508 e. The van der Waals surface area contributed by atoms with E-state index in [1.165, 1.54) is 0 Å². The molecule has 0 aliphatic carbocycles. The number of phenols is 2. The molecule has 0 saturated heterocycles. The first-order valence-corrected chi connectivity index (χ1v) is 13.6. The van der Waals surface area contributed by atoms with E-state index in [-0.39, 0.29) is 5.75 Å². The van der Waals surface area contributed by atoms with Crippen molar-refractivity contribution < 1.29 is 14.4 Å². The molecule has 0 amide bonds. The fourth-order valence-electron chi connectivity index (χ4n) is 2.99. The molecule has 0 fully saturated rings. The van der Waals surface area contributed by atoms with Crippen molar-refractivity contribution in [2.75, 3.05) is 23.1 Å². The van der Waals surface area contributed by atoms with Crippen LogP contribution in [0.15, 0.2) is 95.0 Å². The van der Waals surface area contributed by atoms with Gasteiger partial charge in [-0.3, -0.25) is 4.21 Å². The molecule has 9 heteroatoms. The first-order chi connectivity index (χ1) is 17.0. The lowest BCUT2D eigenvalue weighted by Crippen LogP contribution is -2.03. The van der Waals surface area contributed by atoms with Gasteiger partial charge < -0.3 is 20.8 Å². The number of pyridine rings is 2. The first kappa shape index (κ1) is 26.1. The molecule has 1 atom stereocenters. The molecule has 2 aromatic heterocycles. The second-order valence-electron chi connectivity index (χ2n) is 7.34. The number of nitrogens with one attached hydrogen (secondary N) is 2. The Hall–Kier alpha value is -3.56. The Bertz CT molecular complexity index is 1270. The monoisotopic (exact) mass is 508 g/mol. The predicted molar refractivity (Wildman–Crippen MR) is 143 cm³/mol. The highest BCUT2D eigenvalue weighted by molar-refractivity contribution is 7.98.